The van der Waals surface area contributed by atoms with Crippen molar-refractivity contribution in [1.82, 2.24) is 10.2 Å². The third-order valence-electron chi connectivity index (χ3n) is 4.27. The van der Waals surface area contributed by atoms with E-state index >= 15 is 0 Å². The van der Waals surface area contributed by atoms with Crippen LogP contribution in [-0.2, 0) is 9.84 Å². The molecule has 23 heavy (non-hydrogen) atoms. The van der Waals surface area contributed by atoms with E-state index in [2.05, 4.69) is 15.3 Å². The molecule has 1 aromatic heterocycles. The van der Waals surface area contributed by atoms with E-state index in [4.69, 9.17) is 4.42 Å². The van der Waals surface area contributed by atoms with Gasteiger partial charge < -0.3 is 14.6 Å². The molecule has 0 saturated carbocycles. The third-order valence-corrected chi connectivity index (χ3v) is 6.04. The molecule has 0 spiro atoms. The minimum Gasteiger partial charge on any atom is -0.442 e. The van der Waals surface area contributed by atoms with Crippen LogP contribution in [0.5, 0.6) is 0 Å². The van der Waals surface area contributed by atoms with Crippen LogP contribution in [0, 0.1) is 6.92 Å². The molecule has 1 amide bonds. The average Bonchev–Trinajstić information content (AvgIpc) is 3.14. The SMILES string of the molecule is Cc1oc2c(c1C(=O)N[C@H]1CCS(=O)(=O)C1)C1=NCCN1C=N2. The molecule has 1 fully saturated rings. The zero-order valence-electron chi connectivity index (χ0n) is 12.6. The number of carbonyl (C=O) groups excluding carboxylic acids is 1. The van der Waals surface area contributed by atoms with Crippen molar-refractivity contribution < 1.29 is 17.6 Å². The first kappa shape index (κ1) is 14.4. The van der Waals surface area contributed by atoms with Gasteiger partial charge in [-0.15, -0.1) is 0 Å². The number of aryl methyl sites for hydroxylation is 1. The van der Waals surface area contributed by atoms with E-state index in [1.54, 1.807) is 13.3 Å². The van der Waals surface area contributed by atoms with Crippen molar-refractivity contribution in [3.05, 3.63) is 16.9 Å². The first-order chi connectivity index (χ1) is 10.9. The van der Waals surface area contributed by atoms with Crippen LogP contribution in [0.1, 0.15) is 28.1 Å². The molecule has 3 aliphatic heterocycles. The van der Waals surface area contributed by atoms with Crippen LogP contribution in [0.2, 0.25) is 0 Å². The highest BCUT2D eigenvalue weighted by atomic mass is 32.2. The maximum atomic E-state index is 12.7. The summed E-state index contributed by atoms with van der Waals surface area (Å²) in [5.74, 6) is 1.30. The molecule has 9 heteroatoms. The van der Waals surface area contributed by atoms with Gasteiger partial charge >= 0.3 is 0 Å². The summed E-state index contributed by atoms with van der Waals surface area (Å²) in [6.07, 6.45) is 2.10. The van der Waals surface area contributed by atoms with Gasteiger partial charge in [-0.3, -0.25) is 9.79 Å². The molecule has 1 N–H and O–H groups in total. The lowest BCUT2D eigenvalue weighted by Crippen LogP contribution is -2.37. The molecular weight excluding hydrogens is 320 g/mol. The van der Waals surface area contributed by atoms with Crippen molar-refractivity contribution in [3.63, 3.8) is 0 Å². The number of amides is 1. The molecule has 4 heterocycles. The Bertz CT molecular complexity index is 852. The fourth-order valence-corrected chi connectivity index (χ4v) is 4.86. The number of nitrogens with zero attached hydrogens (tertiary/aromatic N) is 3. The zero-order valence-corrected chi connectivity index (χ0v) is 13.4. The monoisotopic (exact) mass is 336 g/mol. The van der Waals surface area contributed by atoms with E-state index < -0.39 is 9.84 Å². The summed E-state index contributed by atoms with van der Waals surface area (Å²) in [4.78, 5) is 23.2. The fourth-order valence-electron chi connectivity index (χ4n) is 3.19. The molecule has 1 atom stereocenters. The molecular formula is C14H16N4O4S. The molecule has 122 valence electrons. The summed E-state index contributed by atoms with van der Waals surface area (Å²) in [6, 6.07) is -0.355. The Labute approximate surface area is 133 Å². The molecule has 1 saturated heterocycles. The highest BCUT2D eigenvalue weighted by Crippen LogP contribution is 2.34. The maximum absolute atomic E-state index is 12.7. The number of hydrogen-bond donors (Lipinski definition) is 1. The summed E-state index contributed by atoms with van der Waals surface area (Å²) in [6.45, 7) is 3.07. The first-order valence-corrected chi connectivity index (χ1v) is 9.27. The number of hydrogen-bond acceptors (Lipinski definition) is 7. The Morgan fingerprint density at radius 2 is 2.30 bits per heavy atom. The second kappa shape index (κ2) is 4.92. The quantitative estimate of drug-likeness (QED) is 0.833. The van der Waals surface area contributed by atoms with E-state index in [1.807, 2.05) is 4.90 Å². The minimum atomic E-state index is -3.05. The lowest BCUT2D eigenvalue weighted by Gasteiger charge is -2.18. The van der Waals surface area contributed by atoms with Gasteiger partial charge in [-0.25, -0.2) is 13.4 Å². The van der Waals surface area contributed by atoms with Crippen LogP contribution in [0.25, 0.3) is 0 Å². The topological polar surface area (TPSA) is 104 Å². The zero-order chi connectivity index (χ0) is 16.2. The lowest BCUT2D eigenvalue weighted by molar-refractivity contribution is 0.0939. The van der Waals surface area contributed by atoms with Crippen LogP contribution >= 0.6 is 0 Å². The third kappa shape index (κ3) is 2.35. The number of nitrogens with one attached hydrogen (secondary N) is 1. The van der Waals surface area contributed by atoms with Gasteiger partial charge in [0.2, 0.25) is 5.88 Å². The molecule has 4 rings (SSSR count). The highest BCUT2D eigenvalue weighted by Gasteiger charge is 2.35. The minimum absolute atomic E-state index is 0.0109. The molecule has 3 aliphatic rings. The van der Waals surface area contributed by atoms with Crippen molar-refractivity contribution in [2.24, 2.45) is 9.98 Å². The summed E-state index contributed by atoms with van der Waals surface area (Å²) < 4.78 is 28.7. The van der Waals surface area contributed by atoms with Crippen molar-refractivity contribution in [2.45, 2.75) is 19.4 Å². The second-order valence-corrected chi connectivity index (χ2v) is 8.16. The Kier molecular flexibility index (Phi) is 3.09. The molecule has 0 bridgehead atoms. The van der Waals surface area contributed by atoms with Crippen LogP contribution in [0.15, 0.2) is 14.4 Å². The van der Waals surface area contributed by atoms with Gasteiger partial charge in [0.1, 0.15) is 17.9 Å². The van der Waals surface area contributed by atoms with Crippen LogP contribution < -0.4 is 5.32 Å². The van der Waals surface area contributed by atoms with Gasteiger partial charge in [0.15, 0.2) is 9.84 Å². The molecule has 0 aliphatic carbocycles. The van der Waals surface area contributed by atoms with Gasteiger partial charge in [-0.05, 0) is 13.3 Å². The van der Waals surface area contributed by atoms with Crippen molar-refractivity contribution in [3.8, 4) is 0 Å². The van der Waals surface area contributed by atoms with Crippen LogP contribution in [0.4, 0.5) is 5.88 Å². The molecule has 0 unspecified atom stereocenters. The van der Waals surface area contributed by atoms with Crippen molar-refractivity contribution >= 4 is 33.8 Å². The van der Waals surface area contributed by atoms with Gasteiger partial charge in [0.25, 0.3) is 5.91 Å². The molecule has 0 radical (unpaired) electrons. The van der Waals surface area contributed by atoms with Gasteiger partial charge in [0, 0.05) is 12.6 Å². The van der Waals surface area contributed by atoms with Crippen LogP contribution in [0.3, 0.4) is 0 Å². The summed E-state index contributed by atoms with van der Waals surface area (Å²) in [5.41, 5.74) is 0.993. The number of furan rings is 1. The Balaban J connectivity index is 1.66. The predicted molar refractivity (Wildman–Crippen MR) is 84.2 cm³/mol. The maximum Gasteiger partial charge on any atom is 0.255 e. The Morgan fingerprint density at radius 1 is 1.48 bits per heavy atom. The van der Waals surface area contributed by atoms with E-state index in [1.165, 1.54) is 0 Å². The number of sulfone groups is 1. The lowest BCUT2D eigenvalue weighted by atomic mass is 10.1. The standard InChI is InChI=1S/C14H16N4O4S/c1-8-10(13(19)17-9-2-5-23(20,21)6-9)11-12-15-3-4-18(12)7-16-14(11)22-8/h7,9H,2-6H2,1H3,(H,17,19)/t9-/m0/s1. The van der Waals surface area contributed by atoms with E-state index in [-0.39, 0.29) is 23.5 Å². The number of carbonyl (C=O) groups is 1. The first-order valence-electron chi connectivity index (χ1n) is 7.45. The average molecular weight is 336 g/mol. The van der Waals surface area contributed by atoms with E-state index in [0.717, 1.165) is 6.54 Å². The van der Waals surface area contributed by atoms with Crippen LogP contribution in [-0.4, -0.2) is 62.0 Å². The van der Waals surface area contributed by atoms with Crippen molar-refractivity contribution in [1.29, 1.82) is 0 Å². The Morgan fingerprint density at radius 3 is 3.04 bits per heavy atom. The second-order valence-electron chi connectivity index (χ2n) is 5.93. The highest BCUT2D eigenvalue weighted by molar-refractivity contribution is 7.91. The van der Waals surface area contributed by atoms with Gasteiger partial charge in [-0.1, -0.05) is 0 Å². The molecule has 8 nitrogen and oxygen atoms in total. The number of fused-ring (bicyclic) bond motifs is 3. The normalized spacial score (nSPS) is 24.3. The Hall–Kier alpha value is -2.16. The summed E-state index contributed by atoms with van der Waals surface area (Å²) >= 11 is 0. The fraction of sp³-hybridized carbons (Fsp3) is 0.500. The summed E-state index contributed by atoms with van der Waals surface area (Å²) in [7, 11) is -3.05. The smallest absolute Gasteiger partial charge is 0.255 e. The summed E-state index contributed by atoms with van der Waals surface area (Å²) in [5, 5.41) is 2.80. The van der Waals surface area contributed by atoms with E-state index in [9.17, 15) is 13.2 Å². The molecule has 0 aromatic carbocycles. The van der Waals surface area contributed by atoms with Gasteiger partial charge in [0.05, 0.1) is 29.2 Å². The van der Waals surface area contributed by atoms with Gasteiger partial charge in [-0.2, -0.15) is 0 Å². The number of amidine groups is 1. The number of rotatable bonds is 2. The molecule has 1 aromatic rings. The van der Waals surface area contributed by atoms with Crippen molar-refractivity contribution in [2.75, 3.05) is 24.6 Å². The van der Waals surface area contributed by atoms with E-state index in [0.29, 0.717) is 41.6 Å². The largest absolute Gasteiger partial charge is 0.442 e. The number of aliphatic imine (C=N–C) groups is 2. The predicted octanol–water partition coefficient (Wildman–Crippen LogP) is 0.241.